The topological polar surface area (TPSA) is 84.5 Å². The summed E-state index contributed by atoms with van der Waals surface area (Å²) in [7, 11) is -1.74. The first kappa shape index (κ1) is 8.22. The first-order valence-electron chi connectivity index (χ1n) is 3.01. The molecule has 0 amide bonds. The summed E-state index contributed by atoms with van der Waals surface area (Å²) in [4.78, 5) is 3.71. The maximum absolute atomic E-state index is 11.1. The molecule has 0 bridgehead atoms. The molecule has 0 aromatic carbocycles. The van der Waals surface area contributed by atoms with Crippen LogP contribution in [0.2, 0.25) is 0 Å². The highest BCUT2D eigenvalue weighted by atomic mass is 32.2. The Hall–Kier alpha value is -0.880. The number of sulfone groups is 1. The zero-order chi connectivity index (χ0) is 8.48. The van der Waals surface area contributed by atoms with Crippen LogP contribution in [0.1, 0.15) is 0 Å². The number of nitrogens with zero attached hydrogens (tertiary/aromatic N) is 1. The van der Waals surface area contributed by atoms with Crippen LogP contribution in [0.15, 0.2) is 16.1 Å². The number of hydrogen-bond donors (Lipinski definition) is 2. The average molecular weight is 175 g/mol. The highest BCUT2D eigenvalue weighted by Crippen LogP contribution is 2.12. The van der Waals surface area contributed by atoms with Crippen LogP contribution in [0, 0.1) is 0 Å². The lowest BCUT2D eigenvalue weighted by Gasteiger charge is -1.99. The normalized spacial score (nSPS) is 21.2. The van der Waals surface area contributed by atoms with E-state index in [1.165, 1.54) is 6.20 Å². The molecule has 0 saturated carbocycles. The summed E-state index contributed by atoms with van der Waals surface area (Å²) in [6.45, 7) is 0.270. The third-order valence-corrected chi connectivity index (χ3v) is 2.90. The molecule has 0 spiro atoms. The van der Waals surface area contributed by atoms with Gasteiger partial charge in [-0.3, -0.25) is 0 Å². The molecule has 0 saturated heterocycles. The predicted octanol–water partition coefficient (Wildman–Crippen LogP) is -1.21. The van der Waals surface area contributed by atoms with E-state index in [0.717, 1.165) is 0 Å². The second-order valence-corrected chi connectivity index (χ2v) is 4.05. The lowest BCUT2D eigenvalue weighted by atomic mass is 10.6. The molecule has 0 aromatic heterocycles. The molecule has 1 rings (SSSR count). The molecule has 3 N–H and O–H groups in total. The number of nitrogens with two attached hydrogens (primary N) is 1. The molecule has 0 fully saturated rings. The van der Waals surface area contributed by atoms with Gasteiger partial charge in [0.2, 0.25) is 15.0 Å². The average Bonchev–Trinajstić information content (AvgIpc) is 2.16. The SMILES string of the molecule is CNCC1=CN=C(N)S1(=O)=O. The molecule has 62 valence electrons. The van der Waals surface area contributed by atoms with Gasteiger partial charge in [-0.25, -0.2) is 13.4 Å². The van der Waals surface area contributed by atoms with Crippen molar-refractivity contribution in [3.05, 3.63) is 11.1 Å². The molecule has 0 radical (unpaired) electrons. The van der Waals surface area contributed by atoms with Gasteiger partial charge >= 0.3 is 0 Å². The van der Waals surface area contributed by atoms with E-state index in [1.807, 2.05) is 0 Å². The van der Waals surface area contributed by atoms with Gasteiger partial charge in [0.25, 0.3) is 0 Å². The number of likely N-dealkylation sites (N-methyl/N-ethyl adjacent to an activating group) is 1. The fraction of sp³-hybridized carbons (Fsp3) is 0.400. The number of amidine groups is 1. The zero-order valence-corrected chi connectivity index (χ0v) is 6.85. The van der Waals surface area contributed by atoms with E-state index >= 15 is 0 Å². The number of rotatable bonds is 2. The summed E-state index contributed by atoms with van der Waals surface area (Å²) < 4.78 is 22.2. The van der Waals surface area contributed by atoms with Crippen LogP contribution >= 0.6 is 0 Å². The molecule has 5 nitrogen and oxygen atoms in total. The van der Waals surface area contributed by atoms with Crippen LogP contribution in [-0.2, 0) is 9.84 Å². The third-order valence-electron chi connectivity index (χ3n) is 1.31. The van der Waals surface area contributed by atoms with Crippen molar-refractivity contribution in [1.82, 2.24) is 5.32 Å². The highest BCUT2D eigenvalue weighted by molar-refractivity contribution is 8.09. The zero-order valence-electron chi connectivity index (χ0n) is 6.03. The van der Waals surface area contributed by atoms with Gasteiger partial charge in [-0.05, 0) is 7.05 Å². The molecule has 0 unspecified atom stereocenters. The van der Waals surface area contributed by atoms with Crippen LogP contribution in [0.4, 0.5) is 0 Å². The van der Waals surface area contributed by atoms with Crippen molar-refractivity contribution in [2.24, 2.45) is 10.7 Å². The van der Waals surface area contributed by atoms with Gasteiger partial charge in [-0.15, -0.1) is 0 Å². The van der Waals surface area contributed by atoms with E-state index in [1.54, 1.807) is 7.05 Å². The molecular formula is C5H9N3O2S. The van der Waals surface area contributed by atoms with Gasteiger partial charge in [0, 0.05) is 12.7 Å². The summed E-state index contributed by atoms with van der Waals surface area (Å²) >= 11 is 0. The van der Waals surface area contributed by atoms with Gasteiger partial charge in [-0.2, -0.15) is 0 Å². The fourth-order valence-corrected chi connectivity index (χ4v) is 1.71. The van der Waals surface area contributed by atoms with E-state index in [0.29, 0.717) is 0 Å². The molecular weight excluding hydrogens is 166 g/mol. The second kappa shape index (κ2) is 2.63. The number of nitrogens with one attached hydrogen (secondary N) is 1. The van der Waals surface area contributed by atoms with Crippen molar-refractivity contribution < 1.29 is 8.42 Å². The monoisotopic (exact) mass is 175 g/mol. The summed E-state index contributed by atoms with van der Waals surface area (Å²) in [5.74, 6) is 0. The van der Waals surface area contributed by atoms with E-state index < -0.39 is 9.84 Å². The maximum atomic E-state index is 11.1. The molecule has 1 heterocycles. The summed E-state index contributed by atoms with van der Waals surface area (Å²) in [6, 6.07) is 0. The summed E-state index contributed by atoms with van der Waals surface area (Å²) in [5, 5.41) is 2.39. The first-order chi connectivity index (χ1) is 5.09. The first-order valence-corrected chi connectivity index (χ1v) is 4.49. The van der Waals surface area contributed by atoms with E-state index in [9.17, 15) is 8.42 Å². The van der Waals surface area contributed by atoms with Crippen molar-refractivity contribution in [3.8, 4) is 0 Å². The Labute approximate surface area is 64.9 Å². The Morgan fingerprint density at radius 3 is 2.73 bits per heavy atom. The smallest absolute Gasteiger partial charge is 0.238 e. The lowest BCUT2D eigenvalue weighted by Crippen LogP contribution is -2.25. The minimum absolute atomic E-state index is 0.220. The van der Waals surface area contributed by atoms with Gasteiger partial charge < -0.3 is 11.1 Å². The summed E-state index contributed by atoms with van der Waals surface area (Å²) in [6.07, 6.45) is 1.27. The van der Waals surface area contributed by atoms with Crippen LogP contribution < -0.4 is 11.1 Å². The Morgan fingerprint density at radius 2 is 2.36 bits per heavy atom. The van der Waals surface area contributed by atoms with Crippen molar-refractivity contribution in [1.29, 1.82) is 0 Å². The standard InChI is InChI=1S/C5H9N3O2S/c1-7-2-4-3-8-5(6)11(4,9)10/h3,7H,2H2,1H3,(H2,6,8). The molecule has 0 atom stereocenters. The van der Waals surface area contributed by atoms with Gasteiger partial charge in [0.05, 0.1) is 4.91 Å². The third kappa shape index (κ3) is 1.26. The highest BCUT2D eigenvalue weighted by Gasteiger charge is 2.26. The molecule has 6 heteroatoms. The molecule has 0 aromatic rings. The molecule has 1 aliphatic rings. The number of hydrogen-bond acceptors (Lipinski definition) is 5. The van der Waals surface area contributed by atoms with Gasteiger partial charge in [-0.1, -0.05) is 0 Å². The van der Waals surface area contributed by atoms with Crippen molar-refractivity contribution >= 4 is 15.0 Å². The summed E-state index contributed by atoms with van der Waals surface area (Å²) in [5.41, 5.74) is 5.12. The largest absolute Gasteiger partial charge is 0.374 e. The van der Waals surface area contributed by atoms with Crippen molar-refractivity contribution in [2.75, 3.05) is 13.6 Å². The second-order valence-electron chi connectivity index (χ2n) is 2.10. The molecule has 0 aliphatic carbocycles. The maximum Gasteiger partial charge on any atom is 0.238 e. The number of aliphatic imine (C=N–C) groups is 1. The van der Waals surface area contributed by atoms with E-state index in [4.69, 9.17) is 5.73 Å². The Kier molecular flexibility index (Phi) is 1.97. The molecule has 1 aliphatic heterocycles. The lowest BCUT2D eigenvalue weighted by molar-refractivity contribution is 0.611. The van der Waals surface area contributed by atoms with Crippen molar-refractivity contribution in [2.45, 2.75) is 0 Å². The Balaban J connectivity index is 2.93. The van der Waals surface area contributed by atoms with Crippen LogP contribution in [0.3, 0.4) is 0 Å². The van der Waals surface area contributed by atoms with E-state index in [2.05, 4.69) is 10.3 Å². The van der Waals surface area contributed by atoms with Crippen LogP contribution in [0.5, 0.6) is 0 Å². The van der Waals surface area contributed by atoms with Crippen LogP contribution in [0.25, 0.3) is 0 Å². The Bertz CT molecular complexity index is 315. The van der Waals surface area contributed by atoms with Gasteiger partial charge in [0.1, 0.15) is 0 Å². The predicted molar refractivity (Wildman–Crippen MR) is 42.6 cm³/mol. The fourth-order valence-electron chi connectivity index (χ4n) is 0.724. The Morgan fingerprint density at radius 1 is 1.73 bits per heavy atom. The van der Waals surface area contributed by atoms with Crippen molar-refractivity contribution in [3.63, 3.8) is 0 Å². The van der Waals surface area contributed by atoms with Crippen LogP contribution in [-0.4, -0.2) is 27.2 Å². The minimum atomic E-state index is -3.40. The minimum Gasteiger partial charge on any atom is -0.374 e. The molecule has 11 heavy (non-hydrogen) atoms. The quantitative estimate of drug-likeness (QED) is 0.551. The van der Waals surface area contributed by atoms with Gasteiger partial charge in [0.15, 0.2) is 0 Å². The van der Waals surface area contributed by atoms with E-state index in [-0.39, 0.29) is 16.6 Å².